The smallest absolute Gasteiger partial charge is 0.310 e. The van der Waals surface area contributed by atoms with Crippen LogP contribution in [0.25, 0.3) is 0 Å². The van der Waals surface area contributed by atoms with Crippen molar-refractivity contribution < 1.29 is 33.7 Å². The van der Waals surface area contributed by atoms with Crippen LogP contribution in [0, 0.1) is 17.8 Å². The summed E-state index contributed by atoms with van der Waals surface area (Å²) in [5.74, 6) is 2.60. The molecule has 0 atom stereocenters. The van der Waals surface area contributed by atoms with Crippen LogP contribution in [0.2, 0.25) is 0 Å². The topological polar surface area (TPSA) is 99.1 Å². The highest BCUT2D eigenvalue weighted by molar-refractivity contribution is 7.99. The molecule has 446 valence electrons. The Bertz CT molecular complexity index is 3250. The maximum absolute atomic E-state index is 11.9. The van der Waals surface area contributed by atoms with E-state index < -0.39 is 5.97 Å². The third-order valence-corrected chi connectivity index (χ3v) is 21.9. The van der Waals surface area contributed by atoms with Crippen LogP contribution in [0.15, 0.2) is 157 Å². The molecule has 12 rings (SSSR count). The van der Waals surface area contributed by atoms with Crippen LogP contribution in [-0.4, -0.2) is 43.8 Å². The van der Waals surface area contributed by atoms with E-state index in [1.54, 1.807) is 42.4 Å². The summed E-state index contributed by atoms with van der Waals surface area (Å²) in [4.78, 5) is 41.5. The molecule has 0 radical (unpaired) electrons. The number of benzene rings is 6. The first-order valence-electron chi connectivity index (χ1n) is 30.7. The number of carbonyl (C=O) groups is 3. The molecule has 1 N–H and O–H groups in total. The minimum Gasteiger partial charge on any atom is -0.496 e. The monoisotopic (exact) mass is 1190 g/mol. The van der Waals surface area contributed by atoms with E-state index in [1.165, 1.54) is 124 Å². The highest BCUT2D eigenvalue weighted by Gasteiger charge is 2.52. The summed E-state index contributed by atoms with van der Waals surface area (Å²) in [5, 5.41) is 9.07. The Kier molecular flexibility index (Phi) is 20.0. The van der Waals surface area contributed by atoms with E-state index in [0.29, 0.717) is 24.9 Å². The molecule has 84 heavy (non-hydrogen) atoms. The zero-order chi connectivity index (χ0) is 60.0. The molecule has 0 spiro atoms. The number of unbranched alkanes of at least 4 members (excludes halogenated alkanes) is 1. The lowest BCUT2D eigenvalue weighted by molar-refractivity contribution is -0.143. The molecule has 0 unspecified atom stereocenters. The van der Waals surface area contributed by atoms with Gasteiger partial charge >= 0.3 is 17.9 Å². The van der Waals surface area contributed by atoms with E-state index in [-0.39, 0.29) is 40.0 Å². The molecule has 10 heteroatoms. The second kappa shape index (κ2) is 26.7. The molecule has 7 nitrogen and oxygen atoms in total. The van der Waals surface area contributed by atoms with E-state index in [2.05, 4.69) is 147 Å². The molecule has 6 aromatic carbocycles. The fourth-order valence-corrected chi connectivity index (χ4v) is 17.0. The first kappa shape index (κ1) is 63.1. The van der Waals surface area contributed by atoms with Crippen LogP contribution in [0.3, 0.4) is 0 Å². The van der Waals surface area contributed by atoms with Gasteiger partial charge in [0, 0.05) is 34.9 Å². The Balaban J connectivity index is 0.000000151. The molecule has 0 aliphatic heterocycles. The highest BCUT2D eigenvalue weighted by atomic mass is 32.2. The standard InChI is InChI=1S/C26H34O2S.C25H28O3S.C23H28O2S/c1-6-7-16-28-24(27)17-19-8-10-20(11-9-19)29-21-12-13-22-23(18-21)26(4,5)15-14-25(22,2)3;1-28-23-6-5-21(29-20-4-2-3-16(10-20)11-24(26)27)12-22(23)25-13-17-7-18(14-25)9-19(8-17)15-25;1-22(2)12-13-23(3,4)20-15-18(10-11-19(20)22)26-17-8-6-16(7-9-17)14-21(24)25-5/h8-13,18H,6-7,14-17H2,1-5H3;2-6,10,12,17-19H,7-9,11,13-15H2,1H3,(H,26,27);6-11,15H,12-14H2,1-5H3. The number of esters is 2. The number of hydrogen-bond donors (Lipinski definition) is 1. The van der Waals surface area contributed by atoms with Gasteiger partial charge in [-0.25, -0.2) is 0 Å². The zero-order valence-electron chi connectivity index (χ0n) is 51.8. The van der Waals surface area contributed by atoms with Crippen LogP contribution in [0.4, 0.5) is 0 Å². The molecule has 0 aromatic heterocycles. The van der Waals surface area contributed by atoms with Crippen LogP contribution >= 0.6 is 35.3 Å². The van der Waals surface area contributed by atoms with Crippen molar-refractivity contribution in [1.82, 2.24) is 0 Å². The predicted molar refractivity (Wildman–Crippen MR) is 345 cm³/mol. The average molecular weight is 1190 g/mol. The number of carbonyl (C=O) groups excluding carboxylic acids is 2. The van der Waals surface area contributed by atoms with Crippen molar-refractivity contribution >= 4 is 53.2 Å². The van der Waals surface area contributed by atoms with E-state index in [4.69, 9.17) is 19.3 Å². The Hall–Kier alpha value is -5.42. The van der Waals surface area contributed by atoms with Gasteiger partial charge in [0.2, 0.25) is 0 Å². The minimum absolute atomic E-state index is 0.0650. The fraction of sp³-hybridized carbons (Fsp3) is 0.473. The van der Waals surface area contributed by atoms with Crippen LogP contribution in [0.1, 0.15) is 184 Å². The molecule has 6 aromatic rings. The molecular weight excluding hydrogens is 1100 g/mol. The summed E-state index contributed by atoms with van der Waals surface area (Å²) >= 11 is 5.29. The Morgan fingerprint density at radius 3 is 1.35 bits per heavy atom. The maximum atomic E-state index is 11.9. The highest BCUT2D eigenvalue weighted by Crippen LogP contribution is 2.62. The summed E-state index contributed by atoms with van der Waals surface area (Å²) < 4.78 is 15.8. The fourth-order valence-electron chi connectivity index (χ4n) is 14.3. The molecule has 4 bridgehead atoms. The SMILES string of the molecule is CCCCOC(=O)Cc1ccc(Sc2ccc3c(c2)C(C)(C)CCC3(C)C)cc1.COC(=O)Cc1ccc(Sc2ccc3c(c2)C(C)(C)CCC3(C)C)cc1.COc1ccc(Sc2cccc(CC(=O)O)c2)cc1C12CC3CC(CC(C3)C1)C2. The van der Waals surface area contributed by atoms with E-state index in [0.717, 1.165) is 57.9 Å². The molecule has 4 saturated carbocycles. The van der Waals surface area contributed by atoms with E-state index >= 15 is 0 Å². The Morgan fingerprint density at radius 1 is 0.476 bits per heavy atom. The summed E-state index contributed by atoms with van der Waals surface area (Å²) in [6.45, 7) is 21.5. The van der Waals surface area contributed by atoms with Crippen LogP contribution in [-0.2, 0) is 70.2 Å². The van der Waals surface area contributed by atoms with Gasteiger partial charge in [-0.2, -0.15) is 0 Å². The second-order valence-corrected chi connectivity index (χ2v) is 30.8. The Morgan fingerprint density at radius 2 is 0.893 bits per heavy atom. The average Bonchev–Trinajstić information content (AvgIpc) is 1.09. The van der Waals surface area contributed by atoms with Gasteiger partial charge in [0.05, 0.1) is 40.1 Å². The van der Waals surface area contributed by atoms with Crippen molar-refractivity contribution in [3.05, 3.63) is 172 Å². The predicted octanol–water partition coefficient (Wildman–Crippen LogP) is 18.9. The quantitative estimate of drug-likeness (QED) is 0.0702. The summed E-state index contributed by atoms with van der Waals surface area (Å²) in [5.41, 5.74) is 11.5. The van der Waals surface area contributed by atoms with Gasteiger partial charge in [0.1, 0.15) is 5.75 Å². The molecule has 6 aliphatic rings. The number of carboxylic acids is 1. The van der Waals surface area contributed by atoms with E-state index in [9.17, 15) is 14.4 Å². The first-order chi connectivity index (χ1) is 39.9. The molecule has 4 fully saturated rings. The maximum Gasteiger partial charge on any atom is 0.310 e. The molecular formula is C74H90O7S3. The lowest BCUT2D eigenvalue weighted by Gasteiger charge is -2.57. The minimum atomic E-state index is -0.791. The van der Waals surface area contributed by atoms with Gasteiger partial charge in [-0.05, 0) is 233 Å². The van der Waals surface area contributed by atoms with Gasteiger partial charge in [0.25, 0.3) is 0 Å². The third kappa shape index (κ3) is 15.6. The number of fused-ring (bicyclic) bond motifs is 2. The van der Waals surface area contributed by atoms with Crippen molar-refractivity contribution in [3.8, 4) is 5.75 Å². The van der Waals surface area contributed by atoms with Crippen molar-refractivity contribution in [1.29, 1.82) is 0 Å². The molecule has 0 amide bonds. The van der Waals surface area contributed by atoms with E-state index in [1.807, 2.05) is 42.5 Å². The number of methoxy groups -OCH3 is 2. The number of hydrogen-bond acceptors (Lipinski definition) is 9. The van der Waals surface area contributed by atoms with Gasteiger partial charge in [-0.15, -0.1) is 0 Å². The summed E-state index contributed by atoms with van der Waals surface area (Å²) in [6, 6.07) is 44.9. The van der Waals surface area contributed by atoms with Gasteiger partial charge in [0.15, 0.2) is 0 Å². The number of aliphatic carboxylic acids is 1. The van der Waals surface area contributed by atoms with Crippen molar-refractivity contribution in [2.75, 3.05) is 20.8 Å². The lowest BCUT2D eigenvalue weighted by Crippen LogP contribution is -2.48. The summed E-state index contributed by atoms with van der Waals surface area (Å²) in [7, 11) is 3.22. The number of carboxylic acid groups (broad SMARTS) is 1. The van der Waals surface area contributed by atoms with Crippen LogP contribution < -0.4 is 4.74 Å². The van der Waals surface area contributed by atoms with Gasteiger partial charge in [-0.1, -0.05) is 153 Å². The van der Waals surface area contributed by atoms with Crippen molar-refractivity contribution in [2.24, 2.45) is 17.8 Å². The van der Waals surface area contributed by atoms with Crippen LogP contribution in [0.5, 0.6) is 5.75 Å². The number of ether oxygens (including phenoxy) is 3. The summed E-state index contributed by atoms with van der Waals surface area (Å²) in [6.07, 6.45) is 15.9. The number of rotatable bonds is 17. The van der Waals surface area contributed by atoms with Crippen molar-refractivity contribution in [2.45, 2.75) is 215 Å². The third-order valence-electron chi connectivity index (χ3n) is 18.9. The normalized spacial score (nSPS) is 21.5. The molecule has 0 saturated heterocycles. The Labute approximate surface area is 515 Å². The molecule has 6 aliphatic carbocycles. The lowest BCUT2D eigenvalue weighted by atomic mass is 9.48. The second-order valence-electron chi connectivity index (χ2n) is 27.3. The molecule has 0 heterocycles. The largest absolute Gasteiger partial charge is 0.496 e. The van der Waals surface area contributed by atoms with Gasteiger partial charge in [-0.3, -0.25) is 14.4 Å². The zero-order valence-corrected chi connectivity index (χ0v) is 54.2. The van der Waals surface area contributed by atoms with Crippen molar-refractivity contribution in [3.63, 3.8) is 0 Å². The van der Waals surface area contributed by atoms with Gasteiger partial charge < -0.3 is 19.3 Å². The first-order valence-corrected chi connectivity index (χ1v) is 33.1.